The van der Waals surface area contributed by atoms with Crippen LogP contribution in [-0.4, -0.2) is 81.0 Å². The number of halogens is 1. The van der Waals surface area contributed by atoms with Crippen molar-refractivity contribution in [1.29, 1.82) is 0 Å². The minimum atomic E-state index is -0.259. The average molecular weight is 343 g/mol. The number of nitrogen functional groups attached to an aromatic ring is 1. The van der Waals surface area contributed by atoms with Crippen molar-refractivity contribution < 1.29 is 22.0 Å². The first kappa shape index (κ1) is 20.0. The number of hydrogen-bond acceptors (Lipinski definition) is 4. The van der Waals surface area contributed by atoms with Gasteiger partial charge in [0.1, 0.15) is 12.6 Å². The number of nitrogens with two attached hydrogens (primary N) is 1. The standard InChI is InChI=1S/C17H31N4O.ClH/c1-14-11-15(5-6-17(14)18)20-9-7-19(8-10-20)12-16(22)13-21(2,3)4;/h5-6,11,16,22H,7-10,12-13,18H2,1-4H3;1H/q+1;/p-1. The van der Waals surface area contributed by atoms with Crippen molar-refractivity contribution in [1.82, 2.24) is 4.90 Å². The number of piperazine rings is 1. The molecule has 2 rings (SSSR count). The van der Waals surface area contributed by atoms with Crippen LogP contribution >= 0.6 is 0 Å². The molecular formula is C17H31ClN4O. The SMILES string of the molecule is Cc1cc(N2CCN(CC(O)C[N+](C)(C)C)CC2)ccc1N.[Cl-]. The van der Waals surface area contributed by atoms with Gasteiger partial charge in [0.05, 0.1) is 21.1 Å². The summed E-state index contributed by atoms with van der Waals surface area (Å²) >= 11 is 0. The van der Waals surface area contributed by atoms with E-state index in [0.29, 0.717) is 0 Å². The molecule has 0 saturated carbocycles. The highest BCUT2D eigenvalue weighted by atomic mass is 35.5. The van der Waals surface area contributed by atoms with Crippen LogP contribution in [0.3, 0.4) is 0 Å². The fraction of sp³-hybridized carbons (Fsp3) is 0.647. The number of aliphatic hydroxyl groups excluding tert-OH is 1. The molecule has 1 aromatic carbocycles. The van der Waals surface area contributed by atoms with Gasteiger partial charge in [0.25, 0.3) is 0 Å². The molecule has 3 N–H and O–H groups in total. The molecule has 0 aliphatic carbocycles. The highest BCUT2D eigenvalue weighted by molar-refractivity contribution is 5.58. The molecule has 1 aliphatic heterocycles. The van der Waals surface area contributed by atoms with Crippen molar-refractivity contribution in [2.75, 3.05) is 71.0 Å². The molecule has 0 spiro atoms. The van der Waals surface area contributed by atoms with E-state index in [1.807, 2.05) is 6.07 Å². The van der Waals surface area contributed by atoms with Gasteiger partial charge in [0.2, 0.25) is 0 Å². The number of aryl methyl sites for hydroxylation is 1. The second-order valence-electron chi connectivity index (χ2n) is 7.46. The van der Waals surface area contributed by atoms with E-state index in [0.717, 1.165) is 55.0 Å². The van der Waals surface area contributed by atoms with Crippen LogP contribution in [0, 0.1) is 6.92 Å². The predicted molar refractivity (Wildman–Crippen MR) is 93.2 cm³/mol. The van der Waals surface area contributed by atoms with Gasteiger partial charge in [0, 0.05) is 44.1 Å². The number of benzene rings is 1. The van der Waals surface area contributed by atoms with E-state index in [-0.39, 0.29) is 18.5 Å². The molecule has 1 heterocycles. The molecule has 132 valence electrons. The number of β-amino-alcohol motifs (C(OH)–C–C–N with tert-alkyl or cyclic N) is 1. The second-order valence-corrected chi connectivity index (χ2v) is 7.46. The van der Waals surface area contributed by atoms with Crippen molar-refractivity contribution in [3.05, 3.63) is 23.8 Å². The lowest BCUT2D eigenvalue weighted by molar-refractivity contribution is -0.873. The van der Waals surface area contributed by atoms with Gasteiger partial charge in [-0.1, -0.05) is 0 Å². The first-order valence-corrected chi connectivity index (χ1v) is 8.06. The Labute approximate surface area is 146 Å². The summed E-state index contributed by atoms with van der Waals surface area (Å²) in [7, 11) is 6.35. The van der Waals surface area contributed by atoms with Crippen LogP contribution in [-0.2, 0) is 0 Å². The summed E-state index contributed by atoms with van der Waals surface area (Å²) in [5.74, 6) is 0. The van der Waals surface area contributed by atoms with E-state index < -0.39 is 0 Å². The summed E-state index contributed by atoms with van der Waals surface area (Å²) in [5, 5.41) is 10.2. The molecule has 1 aromatic rings. The summed E-state index contributed by atoms with van der Waals surface area (Å²) in [6.07, 6.45) is -0.259. The van der Waals surface area contributed by atoms with Crippen molar-refractivity contribution in [3.63, 3.8) is 0 Å². The molecule has 6 heteroatoms. The quantitative estimate of drug-likeness (QED) is 0.470. The third-order valence-corrected chi connectivity index (χ3v) is 4.22. The Hall–Kier alpha value is -1.01. The lowest BCUT2D eigenvalue weighted by Crippen LogP contribution is -3.00. The number of likely N-dealkylation sites (N-methyl/N-ethyl adjacent to an activating group) is 1. The smallest absolute Gasteiger partial charge is 0.115 e. The number of quaternary nitrogens is 1. The summed E-state index contributed by atoms with van der Waals surface area (Å²) in [5.41, 5.74) is 9.13. The van der Waals surface area contributed by atoms with Gasteiger partial charge >= 0.3 is 0 Å². The van der Waals surface area contributed by atoms with Gasteiger partial charge in [-0.3, -0.25) is 4.90 Å². The molecule has 0 radical (unpaired) electrons. The van der Waals surface area contributed by atoms with E-state index >= 15 is 0 Å². The van der Waals surface area contributed by atoms with E-state index in [4.69, 9.17) is 5.73 Å². The lowest BCUT2D eigenvalue weighted by Gasteiger charge is -2.37. The van der Waals surface area contributed by atoms with Gasteiger partial charge in [-0.15, -0.1) is 0 Å². The van der Waals surface area contributed by atoms with Crippen LogP contribution in [0.25, 0.3) is 0 Å². The molecule has 23 heavy (non-hydrogen) atoms. The molecule has 1 aliphatic rings. The van der Waals surface area contributed by atoms with Crippen LogP contribution in [0.5, 0.6) is 0 Å². The first-order valence-electron chi connectivity index (χ1n) is 8.06. The Kier molecular flexibility index (Phi) is 7.14. The maximum atomic E-state index is 10.2. The number of nitrogens with zero attached hydrogens (tertiary/aromatic N) is 3. The van der Waals surface area contributed by atoms with Crippen LogP contribution < -0.4 is 23.0 Å². The summed E-state index contributed by atoms with van der Waals surface area (Å²) in [6.45, 7) is 7.61. The second kappa shape index (κ2) is 8.20. The maximum absolute atomic E-state index is 10.2. The number of anilines is 2. The molecule has 0 bridgehead atoms. The Bertz CT molecular complexity index is 496. The van der Waals surface area contributed by atoms with E-state index in [2.05, 4.69) is 50.0 Å². The third-order valence-electron chi connectivity index (χ3n) is 4.22. The molecule has 1 atom stereocenters. The number of aliphatic hydroxyl groups is 1. The van der Waals surface area contributed by atoms with Gasteiger partial charge in [0.15, 0.2) is 0 Å². The molecule has 5 nitrogen and oxygen atoms in total. The van der Waals surface area contributed by atoms with Gasteiger partial charge in [-0.05, 0) is 30.7 Å². The highest BCUT2D eigenvalue weighted by Crippen LogP contribution is 2.21. The zero-order valence-corrected chi connectivity index (χ0v) is 15.6. The zero-order valence-electron chi connectivity index (χ0n) is 14.8. The molecule has 1 unspecified atom stereocenters. The normalized spacial score (nSPS) is 17.7. The van der Waals surface area contributed by atoms with Crippen LogP contribution in [0.2, 0.25) is 0 Å². The number of rotatable bonds is 5. The first-order chi connectivity index (χ1) is 10.2. The van der Waals surface area contributed by atoms with E-state index in [1.54, 1.807) is 0 Å². The summed E-state index contributed by atoms with van der Waals surface area (Å²) in [6, 6.07) is 6.25. The molecule has 1 saturated heterocycles. The Balaban J connectivity index is 0.00000264. The Morgan fingerprint density at radius 2 is 1.78 bits per heavy atom. The molecule has 1 fully saturated rings. The topological polar surface area (TPSA) is 52.7 Å². The monoisotopic (exact) mass is 342 g/mol. The molecule has 0 aromatic heterocycles. The lowest BCUT2D eigenvalue weighted by atomic mass is 10.1. The predicted octanol–water partition coefficient (Wildman–Crippen LogP) is -2.23. The Morgan fingerprint density at radius 1 is 1.17 bits per heavy atom. The van der Waals surface area contributed by atoms with E-state index in [1.165, 1.54) is 5.69 Å². The maximum Gasteiger partial charge on any atom is 0.115 e. The van der Waals surface area contributed by atoms with Crippen molar-refractivity contribution in [2.24, 2.45) is 0 Å². The minimum Gasteiger partial charge on any atom is -1.00 e. The van der Waals surface area contributed by atoms with Crippen molar-refractivity contribution >= 4 is 11.4 Å². The van der Waals surface area contributed by atoms with Crippen molar-refractivity contribution in [3.8, 4) is 0 Å². The van der Waals surface area contributed by atoms with Crippen LogP contribution in [0.4, 0.5) is 11.4 Å². The van der Waals surface area contributed by atoms with Crippen molar-refractivity contribution in [2.45, 2.75) is 13.0 Å². The van der Waals surface area contributed by atoms with Crippen LogP contribution in [0.1, 0.15) is 5.56 Å². The minimum absolute atomic E-state index is 0. The van der Waals surface area contributed by atoms with Gasteiger partial charge < -0.3 is 32.6 Å². The average Bonchev–Trinajstić information content (AvgIpc) is 2.40. The largest absolute Gasteiger partial charge is 1.00 e. The van der Waals surface area contributed by atoms with Crippen LogP contribution in [0.15, 0.2) is 18.2 Å². The highest BCUT2D eigenvalue weighted by Gasteiger charge is 2.22. The fourth-order valence-electron chi connectivity index (χ4n) is 3.03. The van der Waals surface area contributed by atoms with E-state index in [9.17, 15) is 5.11 Å². The third kappa shape index (κ3) is 6.18. The molecule has 0 amide bonds. The molecular weight excluding hydrogens is 312 g/mol. The van der Waals surface area contributed by atoms with Gasteiger partial charge in [-0.2, -0.15) is 0 Å². The summed E-state index contributed by atoms with van der Waals surface area (Å²) in [4.78, 5) is 4.76. The Morgan fingerprint density at radius 3 is 2.30 bits per heavy atom. The zero-order chi connectivity index (χ0) is 16.3. The summed E-state index contributed by atoms with van der Waals surface area (Å²) < 4.78 is 0.797. The van der Waals surface area contributed by atoms with Gasteiger partial charge in [-0.25, -0.2) is 0 Å². The fourth-order valence-corrected chi connectivity index (χ4v) is 3.03. The number of hydrogen-bond donors (Lipinski definition) is 2.